The molecule has 0 saturated carbocycles. The van der Waals surface area contributed by atoms with E-state index in [4.69, 9.17) is 4.74 Å². The van der Waals surface area contributed by atoms with Crippen LogP contribution >= 0.6 is 0 Å². The van der Waals surface area contributed by atoms with E-state index in [0.717, 1.165) is 5.75 Å². The first-order chi connectivity index (χ1) is 7.89. The molecule has 17 heavy (non-hydrogen) atoms. The van der Waals surface area contributed by atoms with Crippen LogP contribution in [-0.2, 0) is 4.79 Å². The maximum absolute atomic E-state index is 11.6. The summed E-state index contributed by atoms with van der Waals surface area (Å²) in [7, 11) is 0. The monoisotopic (exact) mass is 235 g/mol. The molecule has 1 rings (SSSR count). The molecule has 0 unspecified atom stereocenters. The fourth-order valence-electron chi connectivity index (χ4n) is 1.30. The maximum Gasteiger partial charge on any atom is 0.225 e. The summed E-state index contributed by atoms with van der Waals surface area (Å²) in [5.41, 5.74) is 0.824. The topological polar surface area (TPSA) is 38.3 Å². The Balaban J connectivity index is 2.28. The Morgan fingerprint density at radius 2 is 2.06 bits per heavy atom. The number of carbonyl (C=O) groups is 1. The van der Waals surface area contributed by atoms with Crippen molar-refractivity contribution >= 4 is 5.91 Å². The Kier molecular flexibility index (Phi) is 4.55. The molecular weight excluding hydrogens is 214 g/mol. The van der Waals surface area contributed by atoms with Crippen molar-refractivity contribution in [3.05, 3.63) is 29.8 Å². The van der Waals surface area contributed by atoms with Gasteiger partial charge in [0, 0.05) is 5.41 Å². The van der Waals surface area contributed by atoms with E-state index in [1.54, 1.807) is 0 Å². The normalized spacial score (nSPS) is 11.1. The highest BCUT2D eigenvalue weighted by molar-refractivity contribution is 5.81. The second-order valence-electron chi connectivity index (χ2n) is 5.17. The Hall–Kier alpha value is -1.51. The predicted molar refractivity (Wildman–Crippen MR) is 69.1 cm³/mol. The standard InChI is InChI=1S/C14H21NO2/c1-11-6-5-7-12(10-11)17-9-8-15-13(16)14(2,3)4/h5-7,10H,8-9H2,1-4H3,(H,15,16). The molecule has 0 spiro atoms. The SMILES string of the molecule is Cc1cccc(OCCNC(=O)C(C)(C)C)c1. The molecule has 0 heterocycles. The van der Waals surface area contributed by atoms with Gasteiger partial charge in [0.25, 0.3) is 0 Å². The van der Waals surface area contributed by atoms with E-state index in [1.807, 2.05) is 52.0 Å². The van der Waals surface area contributed by atoms with E-state index in [0.29, 0.717) is 13.2 Å². The van der Waals surface area contributed by atoms with Crippen molar-refractivity contribution in [3.63, 3.8) is 0 Å². The highest BCUT2D eigenvalue weighted by Gasteiger charge is 2.20. The summed E-state index contributed by atoms with van der Waals surface area (Å²) in [6.07, 6.45) is 0. The summed E-state index contributed by atoms with van der Waals surface area (Å²) in [5, 5.41) is 2.84. The van der Waals surface area contributed by atoms with Crippen LogP contribution < -0.4 is 10.1 Å². The van der Waals surface area contributed by atoms with Crippen LogP contribution in [0.4, 0.5) is 0 Å². The summed E-state index contributed by atoms with van der Waals surface area (Å²) in [6.45, 7) is 8.72. The van der Waals surface area contributed by atoms with Gasteiger partial charge in [-0.05, 0) is 24.6 Å². The average molecular weight is 235 g/mol. The van der Waals surface area contributed by atoms with Gasteiger partial charge >= 0.3 is 0 Å². The van der Waals surface area contributed by atoms with E-state index in [1.165, 1.54) is 5.56 Å². The van der Waals surface area contributed by atoms with Gasteiger partial charge in [0.1, 0.15) is 12.4 Å². The van der Waals surface area contributed by atoms with Gasteiger partial charge in [0.05, 0.1) is 6.54 Å². The van der Waals surface area contributed by atoms with Crippen molar-refractivity contribution < 1.29 is 9.53 Å². The number of ether oxygens (including phenoxy) is 1. The zero-order valence-electron chi connectivity index (χ0n) is 11.0. The minimum atomic E-state index is -0.344. The molecule has 1 aromatic rings. The van der Waals surface area contributed by atoms with Crippen molar-refractivity contribution in [2.75, 3.05) is 13.2 Å². The van der Waals surface area contributed by atoms with Crippen LogP contribution in [0, 0.1) is 12.3 Å². The molecule has 0 radical (unpaired) electrons. The number of carbonyl (C=O) groups excluding carboxylic acids is 1. The number of amides is 1. The highest BCUT2D eigenvalue weighted by Crippen LogP contribution is 2.13. The van der Waals surface area contributed by atoms with E-state index >= 15 is 0 Å². The van der Waals surface area contributed by atoms with Crippen molar-refractivity contribution in [2.45, 2.75) is 27.7 Å². The third-order valence-electron chi connectivity index (χ3n) is 2.33. The zero-order chi connectivity index (χ0) is 12.9. The molecule has 1 amide bonds. The molecule has 0 aliphatic heterocycles. The van der Waals surface area contributed by atoms with E-state index in [9.17, 15) is 4.79 Å². The molecule has 1 N–H and O–H groups in total. The lowest BCUT2D eigenvalue weighted by Crippen LogP contribution is -2.37. The summed E-state index contributed by atoms with van der Waals surface area (Å²) in [6, 6.07) is 7.87. The summed E-state index contributed by atoms with van der Waals surface area (Å²) in [4.78, 5) is 11.6. The smallest absolute Gasteiger partial charge is 0.225 e. The van der Waals surface area contributed by atoms with E-state index < -0.39 is 0 Å². The van der Waals surface area contributed by atoms with Gasteiger partial charge in [-0.3, -0.25) is 4.79 Å². The lowest BCUT2D eigenvalue weighted by atomic mass is 9.96. The number of benzene rings is 1. The zero-order valence-corrected chi connectivity index (χ0v) is 11.0. The van der Waals surface area contributed by atoms with Crippen LogP contribution in [0.3, 0.4) is 0 Å². The van der Waals surface area contributed by atoms with Crippen LogP contribution in [-0.4, -0.2) is 19.1 Å². The van der Waals surface area contributed by atoms with Crippen LogP contribution in [0.25, 0.3) is 0 Å². The Bertz CT molecular complexity index is 380. The molecule has 0 aliphatic carbocycles. The number of nitrogens with one attached hydrogen (secondary N) is 1. The third kappa shape index (κ3) is 4.89. The Morgan fingerprint density at radius 3 is 2.65 bits per heavy atom. The molecule has 1 aromatic carbocycles. The van der Waals surface area contributed by atoms with Crippen molar-refractivity contribution in [1.82, 2.24) is 5.32 Å². The maximum atomic E-state index is 11.6. The number of hydrogen-bond acceptors (Lipinski definition) is 2. The van der Waals surface area contributed by atoms with Gasteiger partial charge in [-0.2, -0.15) is 0 Å². The van der Waals surface area contributed by atoms with Crippen LogP contribution in [0.5, 0.6) is 5.75 Å². The first-order valence-corrected chi connectivity index (χ1v) is 5.87. The van der Waals surface area contributed by atoms with E-state index in [2.05, 4.69) is 5.32 Å². The fourth-order valence-corrected chi connectivity index (χ4v) is 1.30. The largest absolute Gasteiger partial charge is 0.492 e. The van der Waals surface area contributed by atoms with Gasteiger partial charge in [0.15, 0.2) is 0 Å². The highest BCUT2D eigenvalue weighted by atomic mass is 16.5. The second-order valence-corrected chi connectivity index (χ2v) is 5.17. The number of aryl methyl sites for hydroxylation is 1. The molecular formula is C14H21NO2. The first-order valence-electron chi connectivity index (χ1n) is 5.87. The fraction of sp³-hybridized carbons (Fsp3) is 0.500. The van der Waals surface area contributed by atoms with Crippen molar-refractivity contribution in [2.24, 2.45) is 5.41 Å². The molecule has 0 atom stereocenters. The van der Waals surface area contributed by atoms with Gasteiger partial charge in [-0.25, -0.2) is 0 Å². The van der Waals surface area contributed by atoms with Gasteiger partial charge in [0.2, 0.25) is 5.91 Å². The quantitative estimate of drug-likeness (QED) is 0.814. The lowest BCUT2D eigenvalue weighted by molar-refractivity contribution is -0.128. The van der Waals surface area contributed by atoms with E-state index in [-0.39, 0.29) is 11.3 Å². The average Bonchev–Trinajstić information content (AvgIpc) is 2.23. The first kappa shape index (κ1) is 13.6. The molecule has 0 bridgehead atoms. The molecule has 0 fully saturated rings. The van der Waals surface area contributed by atoms with Gasteiger partial charge in [-0.15, -0.1) is 0 Å². The minimum absolute atomic E-state index is 0.0466. The van der Waals surface area contributed by atoms with Gasteiger partial charge < -0.3 is 10.1 Å². The van der Waals surface area contributed by atoms with Crippen LogP contribution in [0.1, 0.15) is 26.3 Å². The molecule has 0 aliphatic rings. The summed E-state index contributed by atoms with van der Waals surface area (Å²) >= 11 is 0. The number of rotatable bonds is 4. The molecule has 3 nitrogen and oxygen atoms in total. The minimum Gasteiger partial charge on any atom is -0.492 e. The third-order valence-corrected chi connectivity index (χ3v) is 2.33. The summed E-state index contributed by atoms with van der Waals surface area (Å²) in [5.74, 6) is 0.889. The molecule has 0 aromatic heterocycles. The van der Waals surface area contributed by atoms with Crippen molar-refractivity contribution in [1.29, 1.82) is 0 Å². The summed E-state index contributed by atoms with van der Waals surface area (Å²) < 4.78 is 5.54. The number of hydrogen-bond donors (Lipinski definition) is 1. The van der Waals surface area contributed by atoms with Crippen LogP contribution in [0.15, 0.2) is 24.3 Å². The van der Waals surface area contributed by atoms with Gasteiger partial charge in [-0.1, -0.05) is 32.9 Å². The van der Waals surface area contributed by atoms with Crippen molar-refractivity contribution in [3.8, 4) is 5.75 Å². The van der Waals surface area contributed by atoms with Crippen LogP contribution in [0.2, 0.25) is 0 Å². The molecule has 94 valence electrons. The lowest BCUT2D eigenvalue weighted by Gasteiger charge is -2.17. The Morgan fingerprint density at radius 1 is 1.35 bits per heavy atom. The predicted octanol–water partition coefficient (Wildman–Crippen LogP) is 2.54. The molecule has 3 heteroatoms. The Labute approximate surface area is 103 Å². The molecule has 0 saturated heterocycles. The second kappa shape index (κ2) is 5.71.